The summed E-state index contributed by atoms with van der Waals surface area (Å²) in [5.74, 6) is 0. The molecule has 1 aromatic carbocycles. The van der Waals surface area contributed by atoms with E-state index < -0.39 is 0 Å². The van der Waals surface area contributed by atoms with Crippen molar-refractivity contribution in [2.24, 2.45) is 0 Å². The molecule has 18 heavy (non-hydrogen) atoms. The Morgan fingerprint density at radius 1 is 1.33 bits per heavy atom. The molecule has 0 fully saturated rings. The summed E-state index contributed by atoms with van der Waals surface area (Å²) < 4.78 is 0. The Hall–Kier alpha value is -1.71. The summed E-state index contributed by atoms with van der Waals surface area (Å²) in [6.45, 7) is 6.69. The van der Waals surface area contributed by atoms with Gasteiger partial charge < -0.3 is 16.0 Å². The zero-order valence-electron chi connectivity index (χ0n) is 11.2. The number of anilines is 1. The van der Waals surface area contributed by atoms with Crippen LogP contribution in [0.1, 0.15) is 26.3 Å². The zero-order valence-corrected chi connectivity index (χ0v) is 11.2. The number of rotatable bonds is 1. The zero-order chi connectivity index (χ0) is 13.2. The average molecular weight is 247 g/mol. The van der Waals surface area contributed by atoms with E-state index in [1.165, 1.54) is 11.3 Å². The van der Waals surface area contributed by atoms with Gasteiger partial charge >= 0.3 is 6.03 Å². The van der Waals surface area contributed by atoms with Crippen molar-refractivity contribution in [3.63, 3.8) is 0 Å². The highest BCUT2D eigenvalue weighted by Crippen LogP contribution is 2.20. The number of carbonyl (C=O) groups excluding carboxylic acids is 1. The molecule has 3 N–H and O–H groups in total. The van der Waals surface area contributed by atoms with Crippen LogP contribution >= 0.6 is 0 Å². The predicted octanol–water partition coefficient (Wildman–Crippen LogP) is 2.12. The lowest BCUT2D eigenvalue weighted by Gasteiger charge is -2.28. The molecule has 0 bridgehead atoms. The number of urea groups is 1. The molecule has 0 radical (unpaired) electrons. The molecular weight excluding hydrogens is 226 g/mol. The maximum atomic E-state index is 11.8. The van der Waals surface area contributed by atoms with Crippen molar-refractivity contribution in [3.8, 4) is 0 Å². The van der Waals surface area contributed by atoms with Crippen molar-refractivity contribution in [3.05, 3.63) is 29.8 Å². The molecule has 0 saturated carbocycles. The third kappa shape index (κ3) is 3.39. The van der Waals surface area contributed by atoms with Gasteiger partial charge in [-0.15, -0.1) is 0 Å². The first kappa shape index (κ1) is 12.7. The summed E-state index contributed by atoms with van der Waals surface area (Å²) in [5.41, 5.74) is 2.22. The highest BCUT2D eigenvalue weighted by Gasteiger charge is 2.21. The second-order valence-electron chi connectivity index (χ2n) is 5.79. The molecule has 0 aromatic heterocycles. The third-order valence-corrected chi connectivity index (χ3v) is 2.85. The van der Waals surface area contributed by atoms with Gasteiger partial charge in [0.15, 0.2) is 0 Å². The number of nitrogens with one attached hydrogen (secondary N) is 3. The highest BCUT2D eigenvalue weighted by molar-refractivity contribution is 5.75. The normalized spacial score (nSPS) is 18.5. The SMILES string of the molecule is CC(C)(C)NC(=O)NC1CNc2ccccc2C1. The molecule has 1 atom stereocenters. The van der Waals surface area contributed by atoms with E-state index in [1.807, 2.05) is 32.9 Å². The summed E-state index contributed by atoms with van der Waals surface area (Å²) >= 11 is 0. The molecule has 98 valence electrons. The van der Waals surface area contributed by atoms with Gasteiger partial charge in [0.1, 0.15) is 0 Å². The molecule has 0 saturated heterocycles. The van der Waals surface area contributed by atoms with E-state index in [0.717, 1.165) is 13.0 Å². The van der Waals surface area contributed by atoms with Crippen LogP contribution in [0.4, 0.5) is 10.5 Å². The van der Waals surface area contributed by atoms with E-state index in [0.29, 0.717) is 0 Å². The number of para-hydroxylation sites is 1. The first-order valence-corrected chi connectivity index (χ1v) is 6.34. The van der Waals surface area contributed by atoms with E-state index >= 15 is 0 Å². The third-order valence-electron chi connectivity index (χ3n) is 2.85. The fourth-order valence-corrected chi connectivity index (χ4v) is 2.11. The quantitative estimate of drug-likeness (QED) is 0.712. The second-order valence-corrected chi connectivity index (χ2v) is 5.79. The van der Waals surface area contributed by atoms with E-state index in [4.69, 9.17) is 0 Å². The molecule has 1 unspecified atom stereocenters. The number of hydrogen-bond acceptors (Lipinski definition) is 2. The topological polar surface area (TPSA) is 53.2 Å². The standard InChI is InChI=1S/C14H21N3O/c1-14(2,3)17-13(18)16-11-8-10-6-4-5-7-12(10)15-9-11/h4-7,11,15H,8-9H2,1-3H3,(H2,16,17,18). The van der Waals surface area contributed by atoms with Crippen LogP contribution in [0.5, 0.6) is 0 Å². The minimum atomic E-state index is -0.204. The largest absolute Gasteiger partial charge is 0.383 e. The molecule has 1 aliphatic rings. The van der Waals surface area contributed by atoms with Crippen LogP contribution < -0.4 is 16.0 Å². The minimum absolute atomic E-state index is 0.103. The smallest absolute Gasteiger partial charge is 0.315 e. The van der Waals surface area contributed by atoms with Crippen molar-refractivity contribution in [1.82, 2.24) is 10.6 Å². The van der Waals surface area contributed by atoms with Crippen LogP contribution in [0.25, 0.3) is 0 Å². The fraction of sp³-hybridized carbons (Fsp3) is 0.500. The molecule has 2 rings (SSSR count). The molecule has 4 nitrogen and oxygen atoms in total. The summed E-state index contributed by atoms with van der Waals surface area (Å²) in [6.07, 6.45) is 0.876. The predicted molar refractivity (Wildman–Crippen MR) is 73.8 cm³/mol. The molecule has 1 heterocycles. The lowest BCUT2D eigenvalue weighted by atomic mass is 10.00. The van der Waals surface area contributed by atoms with Crippen LogP contribution in [0, 0.1) is 0 Å². The van der Waals surface area contributed by atoms with Crippen molar-refractivity contribution >= 4 is 11.7 Å². The van der Waals surface area contributed by atoms with Crippen LogP contribution in [0.2, 0.25) is 0 Å². The summed E-state index contributed by atoms with van der Waals surface area (Å²) in [4.78, 5) is 11.8. The first-order chi connectivity index (χ1) is 8.44. The number of benzene rings is 1. The maximum Gasteiger partial charge on any atom is 0.315 e. The second kappa shape index (κ2) is 4.88. The Morgan fingerprint density at radius 3 is 2.78 bits per heavy atom. The Labute approximate surface area is 108 Å². The first-order valence-electron chi connectivity index (χ1n) is 6.34. The van der Waals surface area contributed by atoms with Crippen LogP contribution in [-0.2, 0) is 6.42 Å². The molecule has 2 amide bonds. The van der Waals surface area contributed by atoms with E-state index in [2.05, 4.69) is 28.1 Å². The molecular formula is C14H21N3O. The number of carbonyl (C=O) groups is 1. The Kier molecular flexibility index (Phi) is 3.45. The van der Waals surface area contributed by atoms with Gasteiger partial charge in [0.2, 0.25) is 0 Å². The van der Waals surface area contributed by atoms with Crippen LogP contribution in [-0.4, -0.2) is 24.2 Å². The molecule has 0 aliphatic carbocycles. The lowest BCUT2D eigenvalue weighted by Crippen LogP contribution is -2.52. The van der Waals surface area contributed by atoms with Gasteiger partial charge in [-0.05, 0) is 38.8 Å². The van der Waals surface area contributed by atoms with Crippen LogP contribution in [0.15, 0.2) is 24.3 Å². The van der Waals surface area contributed by atoms with E-state index in [-0.39, 0.29) is 17.6 Å². The maximum absolute atomic E-state index is 11.8. The van der Waals surface area contributed by atoms with Crippen molar-refractivity contribution < 1.29 is 4.79 Å². The molecule has 1 aliphatic heterocycles. The van der Waals surface area contributed by atoms with Gasteiger partial charge in [-0.1, -0.05) is 18.2 Å². The summed E-state index contributed by atoms with van der Waals surface area (Å²) in [6, 6.07) is 8.25. The fourth-order valence-electron chi connectivity index (χ4n) is 2.11. The van der Waals surface area contributed by atoms with Gasteiger partial charge in [-0.25, -0.2) is 4.79 Å². The summed E-state index contributed by atoms with van der Waals surface area (Å²) in [5, 5.41) is 9.25. The van der Waals surface area contributed by atoms with Crippen molar-refractivity contribution in [1.29, 1.82) is 0 Å². The number of hydrogen-bond donors (Lipinski definition) is 3. The van der Waals surface area contributed by atoms with Gasteiger partial charge in [0.25, 0.3) is 0 Å². The van der Waals surface area contributed by atoms with Crippen molar-refractivity contribution in [2.75, 3.05) is 11.9 Å². The Morgan fingerprint density at radius 2 is 2.06 bits per heavy atom. The minimum Gasteiger partial charge on any atom is -0.383 e. The van der Waals surface area contributed by atoms with Gasteiger partial charge in [0.05, 0.1) is 6.04 Å². The van der Waals surface area contributed by atoms with Crippen LogP contribution in [0.3, 0.4) is 0 Å². The molecule has 4 heteroatoms. The molecule has 0 spiro atoms. The lowest BCUT2D eigenvalue weighted by molar-refractivity contribution is 0.228. The summed E-state index contributed by atoms with van der Waals surface area (Å²) in [7, 11) is 0. The monoisotopic (exact) mass is 247 g/mol. The highest BCUT2D eigenvalue weighted by atomic mass is 16.2. The van der Waals surface area contributed by atoms with Gasteiger partial charge in [-0.2, -0.15) is 0 Å². The van der Waals surface area contributed by atoms with E-state index in [9.17, 15) is 4.79 Å². The van der Waals surface area contributed by atoms with Crippen molar-refractivity contribution in [2.45, 2.75) is 38.8 Å². The van der Waals surface area contributed by atoms with Gasteiger partial charge in [-0.3, -0.25) is 0 Å². The Bertz CT molecular complexity index is 437. The average Bonchev–Trinajstić information content (AvgIpc) is 2.26. The van der Waals surface area contributed by atoms with Gasteiger partial charge in [0, 0.05) is 17.8 Å². The molecule has 1 aromatic rings. The number of fused-ring (bicyclic) bond motifs is 1. The number of amides is 2. The Balaban J connectivity index is 1.92. The van der Waals surface area contributed by atoms with E-state index in [1.54, 1.807) is 0 Å².